The molecule has 1 amide bonds. The summed E-state index contributed by atoms with van der Waals surface area (Å²) >= 11 is 0. The number of aryl methyl sites for hydroxylation is 1. The highest BCUT2D eigenvalue weighted by molar-refractivity contribution is 5.68. The van der Waals surface area contributed by atoms with E-state index < -0.39 is 5.60 Å². The Balaban J connectivity index is 2.00. The van der Waals surface area contributed by atoms with E-state index in [9.17, 15) is 4.79 Å². The van der Waals surface area contributed by atoms with Crippen LogP contribution in [0.25, 0.3) is 0 Å². The summed E-state index contributed by atoms with van der Waals surface area (Å²) in [5.41, 5.74) is 0.625. The van der Waals surface area contributed by atoms with Crippen LogP contribution in [0.1, 0.15) is 51.0 Å². The lowest BCUT2D eigenvalue weighted by Gasteiger charge is -2.25. The molecular weight excluding hydrogens is 218 g/mol. The Hall–Kier alpha value is -1.45. The summed E-state index contributed by atoms with van der Waals surface area (Å²) in [5, 5.41) is 2.90. The number of furan rings is 1. The third kappa shape index (κ3) is 3.02. The number of carbonyl (C=O) groups is 1. The van der Waals surface area contributed by atoms with Crippen LogP contribution in [0.4, 0.5) is 4.79 Å². The first-order chi connectivity index (χ1) is 7.96. The molecule has 1 aromatic rings. The highest BCUT2D eigenvalue weighted by Crippen LogP contribution is 2.30. The summed E-state index contributed by atoms with van der Waals surface area (Å²) in [6.45, 7) is 5.57. The number of hydrogen-bond donors (Lipinski definition) is 1. The van der Waals surface area contributed by atoms with Crippen LogP contribution >= 0.6 is 0 Å². The maximum atomic E-state index is 11.7. The second-order valence-electron chi connectivity index (χ2n) is 5.39. The SMILES string of the molecule is CC(C)(C)OC(=O)NC1CCCc2occc21. The monoisotopic (exact) mass is 237 g/mol. The first-order valence-corrected chi connectivity index (χ1v) is 6.01. The molecule has 94 valence electrons. The van der Waals surface area contributed by atoms with Crippen molar-refractivity contribution in [1.82, 2.24) is 5.32 Å². The van der Waals surface area contributed by atoms with Crippen molar-refractivity contribution in [2.75, 3.05) is 0 Å². The lowest BCUT2D eigenvalue weighted by Crippen LogP contribution is -2.35. The molecule has 0 radical (unpaired) electrons. The molecule has 0 saturated carbocycles. The number of alkyl carbamates (subject to hydrolysis) is 1. The summed E-state index contributed by atoms with van der Waals surface area (Å²) in [6.07, 6.45) is 4.23. The Morgan fingerprint density at radius 3 is 3.00 bits per heavy atom. The summed E-state index contributed by atoms with van der Waals surface area (Å²) in [5.74, 6) is 0.984. The highest BCUT2D eigenvalue weighted by atomic mass is 16.6. The molecule has 4 nitrogen and oxygen atoms in total. The molecule has 1 N–H and O–H groups in total. The second-order valence-corrected chi connectivity index (χ2v) is 5.39. The van der Waals surface area contributed by atoms with Crippen molar-refractivity contribution in [3.05, 3.63) is 23.7 Å². The molecule has 0 aromatic carbocycles. The Kier molecular flexibility index (Phi) is 3.13. The van der Waals surface area contributed by atoms with Crippen LogP contribution in [-0.4, -0.2) is 11.7 Å². The predicted octanol–water partition coefficient (Wildman–Crippen LogP) is 3.18. The van der Waals surface area contributed by atoms with E-state index in [4.69, 9.17) is 9.15 Å². The van der Waals surface area contributed by atoms with E-state index in [1.807, 2.05) is 26.8 Å². The van der Waals surface area contributed by atoms with Crippen molar-refractivity contribution >= 4 is 6.09 Å². The van der Waals surface area contributed by atoms with E-state index >= 15 is 0 Å². The van der Waals surface area contributed by atoms with Gasteiger partial charge in [0, 0.05) is 12.0 Å². The average molecular weight is 237 g/mol. The summed E-state index contributed by atoms with van der Waals surface area (Å²) in [6, 6.07) is 1.95. The van der Waals surface area contributed by atoms with Gasteiger partial charge < -0.3 is 14.5 Å². The number of rotatable bonds is 1. The molecule has 1 unspecified atom stereocenters. The Morgan fingerprint density at radius 2 is 2.29 bits per heavy atom. The number of amides is 1. The molecule has 2 rings (SSSR count). The fraction of sp³-hybridized carbons (Fsp3) is 0.615. The van der Waals surface area contributed by atoms with E-state index in [1.54, 1.807) is 6.26 Å². The molecule has 1 heterocycles. The quantitative estimate of drug-likeness (QED) is 0.816. The number of ether oxygens (including phenoxy) is 1. The largest absolute Gasteiger partial charge is 0.469 e. The topological polar surface area (TPSA) is 51.5 Å². The zero-order chi connectivity index (χ0) is 12.5. The van der Waals surface area contributed by atoms with Gasteiger partial charge in [-0.3, -0.25) is 0 Å². The fourth-order valence-electron chi connectivity index (χ4n) is 2.09. The molecule has 1 aliphatic carbocycles. The van der Waals surface area contributed by atoms with Gasteiger partial charge in [-0.15, -0.1) is 0 Å². The Morgan fingerprint density at radius 1 is 1.53 bits per heavy atom. The summed E-state index contributed by atoms with van der Waals surface area (Å²) < 4.78 is 10.6. The van der Waals surface area contributed by atoms with Crippen molar-refractivity contribution < 1.29 is 13.9 Å². The highest BCUT2D eigenvalue weighted by Gasteiger charge is 2.26. The molecule has 0 bridgehead atoms. The fourth-order valence-corrected chi connectivity index (χ4v) is 2.09. The molecule has 0 spiro atoms. The number of nitrogens with one attached hydrogen (secondary N) is 1. The maximum Gasteiger partial charge on any atom is 0.408 e. The van der Waals surface area contributed by atoms with Crippen LogP contribution in [0.15, 0.2) is 16.7 Å². The van der Waals surface area contributed by atoms with E-state index in [0.717, 1.165) is 30.6 Å². The van der Waals surface area contributed by atoms with Gasteiger partial charge in [0.05, 0.1) is 12.3 Å². The zero-order valence-electron chi connectivity index (χ0n) is 10.6. The molecular formula is C13H19NO3. The van der Waals surface area contributed by atoms with Gasteiger partial charge in [0.15, 0.2) is 0 Å². The van der Waals surface area contributed by atoms with E-state index in [0.29, 0.717) is 0 Å². The lowest BCUT2D eigenvalue weighted by atomic mass is 9.94. The van der Waals surface area contributed by atoms with Crippen LogP contribution in [0.3, 0.4) is 0 Å². The number of carbonyl (C=O) groups excluding carboxylic acids is 1. The van der Waals surface area contributed by atoms with Gasteiger partial charge >= 0.3 is 6.09 Å². The molecule has 0 saturated heterocycles. The Labute approximate surface area is 101 Å². The maximum absolute atomic E-state index is 11.7. The van der Waals surface area contributed by atoms with Gasteiger partial charge in [0.25, 0.3) is 0 Å². The third-order valence-corrected chi connectivity index (χ3v) is 2.74. The van der Waals surface area contributed by atoms with Gasteiger partial charge in [0.2, 0.25) is 0 Å². The van der Waals surface area contributed by atoms with Crippen LogP contribution < -0.4 is 5.32 Å². The minimum atomic E-state index is -0.460. The first kappa shape index (κ1) is 12.0. The molecule has 1 atom stereocenters. The molecule has 17 heavy (non-hydrogen) atoms. The number of fused-ring (bicyclic) bond motifs is 1. The van der Waals surface area contributed by atoms with Gasteiger partial charge in [0.1, 0.15) is 11.4 Å². The van der Waals surface area contributed by atoms with Crippen LogP contribution in [0, 0.1) is 0 Å². The van der Waals surface area contributed by atoms with Gasteiger partial charge in [-0.05, 0) is 39.7 Å². The predicted molar refractivity (Wildman–Crippen MR) is 63.8 cm³/mol. The summed E-state index contributed by atoms with van der Waals surface area (Å²) in [4.78, 5) is 11.7. The molecule has 0 fully saturated rings. The number of hydrogen-bond acceptors (Lipinski definition) is 3. The minimum absolute atomic E-state index is 0.0207. The van der Waals surface area contributed by atoms with Gasteiger partial charge in [-0.25, -0.2) is 4.79 Å². The van der Waals surface area contributed by atoms with E-state index in [-0.39, 0.29) is 12.1 Å². The van der Waals surface area contributed by atoms with Crippen LogP contribution in [0.5, 0.6) is 0 Å². The normalized spacial score (nSPS) is 19.6. The molecule has 4 heteroatoms. The van der Waals surface area contributed by atoms with Crippen molar-refractivity contribution in [2.45, 2.75) is 51.7 Å². The lowest BCUT2D eigenvalue weighted by molar-refractivity contribution is 0.0498. The van der Waals surface area contributed by atoms with Crippen molar-refractivity contribution in [1.29, 1.82) is 0 Å². The van der Waals surface area contributed by atoms with Crippen molar-refractivity contribution in [3.8, 4) is 0 Å². The van der Waals surface area contributed by atoms with Gasteiger partial charge in [-0.2, -0.15) is 0 Å². The van der Waals surface area contributed by atoms with Crippen LogP contribution in [0.2, 0.25) is 0 Å². The minimum Gasteiger partial charge on any atom is -0.469 e. The van der Waals surface area contributed by atoms with Crippen molar-refractivity contribution in [2.24, 2.45) is 0 Å². The first-order valence-electron chi connectivity index (χ1n) is 6.01. The average Bonchev–Trinajstić information content (AvgIpc) is 2.63. The third-order valence-electron chi connectivity index (χ3n) is 2.74. The van der Waals surface area contributed by atoms with E-state index in [1.165, 1.54) is 0 Å². The molecule has 1 aliphatic rings. The Bertz CT molecular complexity index is 403. The second kappa shape index (κ2) is 4.43. The summed E-state index contributed by atoms with van der Waals surface area (Å²) in [7, 11) is 0. The zero-order valence-corrected chi connectivity index (χ0v) is 10.6. The molecule has 0 aliphatic heterocycles. The smallest absolute Gasteiger partial charge is 0.408 e. The standard InChI is InChI=1S/C13H19NO3/c1-13(2,3)17-12(15)14-10-5-4-6-11-9(10)7-8-16-11/h7-8,10H,4-6H2,1-3H3,(H,14,15). The van der Waals surface area contributed by atoms with Crippen molar-refractivity contribution in [3.63, 3.8) is 0 Å². The molecule has 1 aromatic heterocycles. The van der Waals surface area contributed by atoms with E-state index in [2.05, 4.69) is 5.32 Å². The van der Waals surface area contributed by atoms with Crippen LogP contribution in [-0.2, 0) is 11.2 Å². The van der Waals surface area contributed by atoms with Gasteiger partial charge in [-0.1, -0.05) is 0 Å².